The lowest BCUT2D eigenvalue weighted by molar-refractivity contribution is 0.416. The quantitative estimate of drug-likeness (QED) is 0.596. The van der Waals surface area contributed by atoms with E-state index in [1.165, 1.54) is 19.2 Å². The Balaban J connectivity index is 2.88. The lowest BCUT2D eigenvalue weighted by atomic mass is 10.3. The number of rotatable bonds is 6. The molecule has 0 spiro atoms. The van der Waals surface area contributed by atoms with Gasteiger partial charge >= 0.3 is 0 Å². The van der Waals surface area contributed by atoms with Crippen LogP contribution in [-0.2, 0) is 10.0 Å². The second-order valence-corrected chi connectivity index (χ2v) is 6.05. The molecule has 0 heterocycles. The maximum absolute atomic E-state index is 11.8. The minimum Gasteiger partial charge on any atom is -0.495 e. The Hall–Kier alpha value is -0.920. The third-order valence-corrected chi connectivity index (χ3v) is 4.18. The van der Waals surface area contributed by atoms with Gasteiger partial charge in [-0.2, -0.15) is 11.8 Å². The van der Waals surface area contributed by atoms with Gasteiger partial charge in [0, 0.05) is 12.3 Å². The van der Waals surface area contributed by atoms with Crippen molar-refractivity contribution in [2.24, 2.45) is 0 Å². The number of sulfonamides is 1. The molecule has 0 aliphatic rings. The second-order valence-electron chi connectivity index (χ2n) is 3.29. The van der Waals surface area contributed by atoms with E-state index in [4.69, 9.17) is 10.5 Å². The van der Waals surface area contributed by atoms with Gasteiger partial charge < -0.3 is 10.5 Å². The molecule has 0 saturated carbocycles. The third kappa shape index (κ3) is 3.79. The van der Waals surface area contributed by atoms with Gasteiger partial charge in [-0.05, 0) is 24.5 Å². The van der Waals surface area contributed by atoms with E-state index in [1.807, 2.05) is 6.26 Å². The molecule has 0 bridgehead atoms. The number of benzene rings is 1. The maximum Gasteiger partial charge on any atom is 0.240 e. The van der Waals surface area contributed by atoms with Crippen LogP contribution in [0.3, 0.4) is 0 Å². The molecule has 0 amide bonds. The van der Waals surface area contributed by atoms with E-state index in [9.17, 15) is 8.42 Å². The molecular weight excluding hydrogens is 260 g/mol. The number of ether oxygens (including phenoxy) is 1. The Labute approximate surface area is 106 Å². The summed E-state index contributed by atoms with van der Waals surface area (Å²) in [7, 11) is -2.00. The van der Waals surface area contributed by atoms with E-state index >= 15 is 0 Å². The maximum atomic E-state index is 11.8. The molecular formula is C10H16N2O3S2. The van der Waals surface area contributed by atoms with Crippen LogP contribution in [0.25, 0.3) is 0 Å². The van der Waals surface area contributed by atoms with Crippen LogP contribution in [0.5, 0.6) is 5.75 Å². The molecule has 1 aromatic carbocycles. The predicted octanol–water partition coefficient (Wildman–Crippen LogP) is 0.919. The summed E-state index contributed by atoms with van der Waals surface area (Å²) in [6, 6.07) is 4.40. The van der Waals surface area contributed by atoms with Crippen LogP contribution in [0, 0.1) is 0 Å². The highest BCUT2D eigenvalue weighted by Crippen LogP contribution is 2.24. The Morgan fingerprint density at radius 1 is 1.47 bits per heavy atom. The zero-order valence-electron chi connectivity index (χ0n) is 9.76. The first-order valence-electron chi connectivity index (χ1n) is 4.93. The molecule has 0 aromatic heterocycles. The van der Waals surface area contributed by atoms with Crippen LogP contribution in [-0.4, -0.2) is 34.1 Å². The summed E-state index contributed by atoms with van der Waals surface area (Å²) in [5, 5.41) is 0. The molecule has 0 unspecified atom stereocenters. The van der Waals surface area contributed by atoms with Crippen LogP contribution >= 0.6 is 11.8 Å². The Bertz CT molecular complexity index is 474. The first-order valence-corrected chi connectivity index (χ1v) is 7.81. The number of hydrogen-bond acceptors (Lipinski definition) is 5. The molecule has 1 rings (SSSR count). The predicted molar refractivity (Wildman–Crippen MR) is 71.0 cm³/mol. The van der Waals surface area contributed by atoms with E-state index in [2.05, 4.69) is 4.72 Å². The summed E-state index contributed by atoms with van der Waals surface area (Å²) in [4.78, 5) is 0.150. The fourth-order valence-corrected chi connectivity index (χ4v) is 2.74. The topological polar surface area (TPSA) is 81.4 Å². The summed E-state index contributed by atoms with van der Waals surface area (Å²) < 4.78 is 31.1. The zero-order valence-corrected chi connectivity index (χ0v) is 11.4. The minimum atomic E-state index is -3.48. The van der Waals surface area contributed by atoms with Crippen molar-refractivity contribution in [2.45, 2.75) is 4.90 Å². The SMILES string of the molecule is COc1ccc(S(=O)(=O)NCCSC)cc1N. The molecule has 3 N–H and O–H groups in total. The van der Waals surface area contributed by atoms with E-state index in [0.717, 1.165) is 5.75 Å². The zero-order chi connectivity index (χ0) is 12.9. The van der Waals surface area contributed by atoms with Crippen molar-refractivity contribution in [3.63, 3.8) is 0 Å². The van der Waals surface area contributed by atoms with Crippen LogP contribution in [0.1, 0.15) is 0 Å². The summed E-state index contributed by atoms with van der Waals surface area (Å²) in [5.74, 6) is 1.19. The fraction of sp³-hybridized carbons (Fsp3) is 0.400. The van der Waals surface area contributed by atoms with Crippen molar-refractivity contribution in [2.75, 3.05) is 31.4 Å². The number of thioether (sulfide) groups is 1. The van der Waals surface area contributed by atoms with Gasteiger partial charge in [-0.25, -0.2) is 13.1 Å². The minimum absolute atomic E-state index is 0.150. The van der Waals surface area contributed by atoms with Crippen LogP contribution in [0.15, 0.2) is 23.1 Å². The molecule has 5 nitrogen and oxygen atoms in total. The lowest BCUT2D eigenvalue weighted by Gasteiger charge is -2.09. The summed E-state index contributed by atoms with van der Waals surface area (Å²) in [5.41, 5.74) is 5.97. The van der Waals surface area contributed by atoms with Gasteiger partial charge in [0.1, 0.15) is 5.75 Å². The molecule has 0 saturated heterocycles. The number of nitrogen functional groups attached to an aromatic ring is 1. The smallest absolute Gasteiger partial charge is 0.240 e. The van der Waals surface area contributed by atoms with Gasteiger partial charge in [0.15, 0.2) is 0 Å². The standard InChI is InChI=1S/C10H16N2O3S2/c1-15-10-4-3-8(7-9(10)11)17(13,14)12-5-6-16-2/h3-4,7,12H,5-6,11H2,1-2H3. The van der Waals surface area contributed by atoms with Gasteiger partial charge in [-0.15, -0.1) is 0 Å². The molecule has 7 heteroatoms. The van der Waals surface area contributed by atoms with Crippen molar-refractivity contribution in [1.29, 1.82) is 0 Å². The highest BCUT2D eigenvalue weighted by molar-refractivity contribution is 7.98. The molecule has 0 atom stereocenters. The van der Waals surface area contributed by atoms with Crippen molar-refractivity contribution in [3.8, 4) is 5.75 Å². The lowest BCUT2D eigenvalue weighted by Crippen LogP contribution is -2.26. The molecule has 96 valence electrons. The molecule has 0 aliphatic heterocycles. The number of nitrogens with two attached hydrogens (primary N) is 1. The fourth-order valence-electron chi connectivity index (χ4n) is 1.24. The summed E-state index contributed by atoms with van der Waals surface area (Å²) >= 11 is 1.58. The molecule has 17 heavy (non-hydrogen) atoms. The number of nitrogens with one attached hydrogen (secondary N) is 1. The number of anilines is 1. The van der Waals surface area contributed by atoms with Crippen LogP contribution < -0.4 is 15.2 Å². The first-order chi connectivity index (χ1) is 8.01. The van der Waals surface area contributed by atoms with Crippen LogP contribution in [0.2, 0.25) is 0 Å². The normalized spacial score (nSPS) is 11.4. The highest BCUT2D eigenvalue weighted by atomic mass is 32.2. The van der Waals surface area contributed by atoms with E-state index in [1.54, 1.807) is 17.8 Å². The number of hydrogen-bond donors (Lipinski definition) is 2. The number of methoxy groups -OCH3 is 1. The van der Waals surface area contributed by atoms with E-state index < -0.39 is 10.0 Å². The van der Waals surface area contributed by atoms with Gasteiger partial charge in [0.25, 0.3) is 0 Å². The molecule has 0 radical (unpaired) electrons. The van der Waals surface area contributed by atoms with Gasteiger partial charge in [0.05, 0.1) is 17.7 Å². The largest absolute Gasteiger partial charge is 0.495 e. The van der Waals surface area contributed by atoms with Gasteiger partial charge in [-0.3, -0.25) is 0 Å². The van der Waals surface area contributed by atoms with Crippen molar-refractivity contribution in [1.82, 2.24) is 4.72 Å². The van der Waals surface area contributed by atoms with Crippen molar-refractivity contribution in [3.05, 3.63) is 18.2 Å². The Morgan fingerprint density at radius 2 is 2.18 bits per heavy atom. The van der Waals surface area contributed by atoms with E-state index in [-0.39, 0.29) is 4.90 Å². The summed E-state index contributed by atoms with van der Waals surface area (Å²) in [6.07, 6.45) is 1.92. The van der Waals surface area contributed by atoms with Crippen molar-refractivity contribution < 1.29 is 13.2 Å². The highest BCUT2D eigenvalue weighted by Gasteiger charge is 2.14. The van der Waals surface area contributed by atoms with Gasteiger partial charge in [-0.1, -0.05) is 0 Å². The monoisotopic (exact) mass is 276 g/mol. The van der Waals surface area contributed by atoms with Crippen LogP contribution in [0.4, 0.5) is 5.69 Å². The molecule has 0 fully saturated rings. The average molecular weight is 276 g/mol. The average Bonchev–Trinajstić information content (AvgIpc) is 2.29. The Kier molecular flexibility index (Phi) is 5.10. The van der Waals surface area contributed by atoms with Gasteiger partial charge in [0.2, 0.25) is 10.0 Å². The summed E-state index contributed by atoms with van der Waals surface area (Å²) in [6.45, 7) is 0.398. The van der Waals surface area contributed by atoms with E-state index in [0.29, 0.717) is 18.0 Å². The first kappa shape index (κ1) is 14.1. The Morgan fingerprint density at radius 3 is 2.71 bits per heavy atom. The molecule has 1 aromatic rings. The van der Waals surface area contributed by atoms with Crippen molar-refractivity contribution >= 4 is 27.5 Å². The third-order valence-electron chi connectivity index (χ3n) is 2.11. The second kappa shape index (κ2) is 6.13. The molecule has 0 aliphatic carbocycles.